The second kappa shape index (κ2) is 15.4. The van der Waals surface area contributed by atoms with E-state index in [0.717, 1.165) is 12.5 Å². The van der Waals surface area contributed by atoms with E-state index in [1.165, 1.54) is 30.1 Å². The van der Waals surface area contributed by atoms with Gasteiger partial charge in [0.2, 0.25) is 6.41 Å². The van der Waals surface area contributed by atoms with Crippen LogP contribution in [0.25, 0.3) is 5.70 Å². The number of hydrogen-bond donors (Lipinski definition) is 2. The zero-order valence-electron chi connectivity index (χ0n) is 23.7. The van der Waals surface area contributed by atoms with Gasteiger partial charge in [0, 0.05) is 57.9 Å². The van der Waals surface area contributed by atoms with Crippen LogP contribution >= 0.6 is 11.6 Å². The van der Waals surface area contributed by atoms with Crippen molar-refractivity contribution >= 4 is 35.8 Å². The van der Waals surface area contributed by atoms with Gasteiger partial charge in [-0.25, -0.2) is 13.8 Å². The molecule has 3 aromatic rings. The Morgan fingerprint density at radius 2 is 1.80 bits per heavy atom. The van der Waals surface area contributed by atoms with E-state index >= 15 is 0 Å². The Bertz CT molecular complexity index is 1310. The summed E-state index contributed by atoms with van der Waals surface area (Å²) in [5.41, 5.74) is 1.94. The van der Waals surface area contributed by atoms with Gasteiger partial charge in [0.05, 0.1) is 11.6 Å². The van der Waals surface area contributed by atoms with Gasteiger partial charge in [-0.2, -0.15) is 0 Å². The maximum atomic E-state index is 14.1. The number of aldehydes is 1. The molecular formula is C30H37ClF2N4O4. The first-order valence-electron chi connectivity index (χ1n) is 13.0. The lowest BCUT2D eigenvalue weighted by molar-refractivity contribution is -0.108. The molecule has 1 heterocycles. The third-order valence-corrected chi connectivity index (χ3v) is 6.53. The van der Waals surface area contributed by atoms with Gasteiger partial charge in [-0.1, -0.05) is 48.5 Å². The number of benzene rings is 2. The number of alkyl halides is 2. The number of hydrogen-bond acceptors (Lipinski definition) is 6. The van der Waals surface area contributed by atoms with Crippen LogP contribution in [0, 0.1) is 0 Å². The molecule has 2 N–H and O–H groups in total. The number of nitrogens with zero attached hydrogens (tertiary/aromatic N) is 4. The van der Waals surface area contributed by atoms with Crippen LogP contribution in [-0.2, 0) is 22.1 Å². The molecule has 0 radical (unpaired) electrons. The monoisotopic (exact) mass is 590 g/mol. The fraction of sp³-hybridized carbons (Fsp3) is 0.367. The second-order valence-electron chi connectivity index (χ2n) is 9.46. The average molecular weight is 591 g/mol. The second-order valence-corrected chi connectivity index (χ2v) is 9.90. The predicted octanol–water partition coefficient (Wildman–Crippen LogP) is 4.90. The van der Waals surface area contributed by atoms with Crippen molar-refractivity contribution in [3.8, 4) is 0 Å². The van der Waals surface area contributed by atoms with E-state index in [2.05, 4.69) is 6.58 Å². The molecule has 8 nitrogen and oxygen atoms in total. The van der Waals surface area contributed by atoms with Crippen LogP contribution in [0.1, 0.15) is 54.4 Å². The number of halogens is 3. The van der Waals surface area contributed by atoms with Gasteiger partial charge in [0.1, 0.15) is 17.8 Å². The summed E-state index contributed by atoms with van der Waals surface area (Å²) in [4.78, 5) is 32.2. The van der Waals surface area contributed by atoms with Crippen LogP contribution in [0.2, 0.25) is 5.02 Å². The summed E-state index contributed by atoms with van der Waals surface area (Å²) in [7, 11) is 3.33. The first kappa shape index (κ1) is 33.6. The topological polar surface area (TPSA) is 98.9 Å². The lowest BCUT2D eigenvalue weighted by atomic mass is 9.96. The minimum Gasteiger partial charge on any atom is -0.397 e. The maximum absolute atomic E-state index is 14.1. The summed E-state index contributed by atoms with van der Waals surface area (Å²) >= 11 is 6.07. The highest BCUT2D eigenvalue weighted by Crippen LogP contribution is 2.35. The smallest absolute Gasteiger partial charge is 0.270 e. The van der Waals surface area contributed by atoms with Crippen LogP contribution < -0.4 is 4.90 Å². The van der Waals surface area contributed by atoms with Crippen molar-refractivity contribution in [2.75, 3.05) is 38.8 Å². The van der Waals surface area contributed by atoms with Crippen molar-refractivity contribution in [3.63, 3.8) is 0 Å². The summed E-state index contributed by atoms with van der Waals surface area (Å²) in [5.74, 6) is -3.58. The van der Waals surface area contributed by atoms with Crippen LogP contribution in [0.3, 0.4) is 0 Å². The highest BCUT2D eigenvalue weighted by Gasteiger charge is 2.31. The van der Waals surface area contributed by atoms with Crippen molar-refractivity contribution in [2.45, 2.75) is 38.7 Å². The molecule has 222 valence electrons. The Morgan fingerprint density at radius 3 is 2.34 bits per heavy atom. The molecule has 0 saturated heterocycles. The Hall–Kier alpha value is -3.60. The van der Waals surface area contributed by atoms with Crippen molar-refractivity contribution in [1.82, 2.24) is 14.5 Å². The SMILES string of the molecule is C=C(c1c(N(C)C=O)nc(C(C=O)c2cccc(C(C)(F)F)c2)n1Cc1ccc(Cl)cc1)N(C)CCCO.CCO. The Labute approximate surface area is 244 Å². The molecule has 0 aliphatic rings. The third kappa shape index (κ3) is 8.69. The maximum Gasteiger partial charge on any atom is 0.270 e. The summed E-state index contributed by atoms with van der Waals surface area (Å²) in [6.07, 6.45) is 1.74. The number of anilines is 1. The zero-order chi connectivity index (χ0) is 30.7. The number of carbonyl (C=O) groups is 2. The number of imidazole rings is 1. The molecule has 0 saturated carbocycles. The molecule has 1 atom stereocenters. The first-order valence-corrected chi connectivity index (χ1v) is 13.4. The normalized spacial score (nSPS) is 11.7. The van der Waals surface area contributed by atoms with E-state index in [1.807, 2.05) is 17.0 Å². The summed E-state index contributed by atoms with van der Waals surface area (Å²) in [6, 6.07) is 12.8. The Morgan fingerprint density at radius 1 is 1.17 bits per heavy atom. The third-order valence-electron chi connectivity index (χ3n) is 6.28. The molecule has 1 aromatic heterocycles. The number of amides is 1. The Kier molecular flexibility index (Phi) is 12.6. The lowest BCUT2D eigenvalue weighted by Gasteiger charge is -2.25. The molecule has 1 unspecified atom stereocenters. The standard InChI is InChI=1S/C28H31ClF2N4O3.C2H6O/c1-19(33(3)13-6-14-36)25-27(34(4)18-38)32-26(35(25)16-20-9-11-23(29)12-10-20)24(17-37)21-7-5-8-22(15-21)28(2,30)31;1-2-3/h5,7-12,15,17-18,24,36H,1,6,13-14,16H2,2-4H3;3H,2H2,1H3. The summed E-state index contributed by atoms with van der Waals surface area (Å²) in [6.45, 7) is 7.65. The molecule has 0 aliphatic carbocycles. The van der Waals surface area contributed by atoms with E-state index in [1.54, 1.807) is 36.7 Å². The quantitative estimate of drug-likeness (QED) is 0.275. The van der Waals surface area contributed by atoms with Crippen molar-refractivity contribution < 1.29 is 28.6 Å². The van der Waals surface area contributed by atoms with E-state index in [0.29, 0.717) is 47.6 Å². The van der Waals surface area contributed by atoms with Crippen LogP contribution in [0.15, 0.2) is 55.1 Å². The van der Waals surface area contributed by atoms with Crippen LogP contribution in [0.4, 0.5) is 14.6 Å². The molecule has 41 heavy (non-hydrogen) atoms. The number of aromatic nitrogens is 2. The van der Waals surface area contributed by atoms with E-state index < -0.39 is 11.8 Å². The van der Waals surface area contributed by atoms with E-state index in [9.17, 15) is 23.5 Å². The van der Waals surface area contributed by atoms with Gasteiger partial charge >= 0.3 is 0 Å². The molecule has 0 spiro atoms. The molecule has 11 heteroatoms. The van der Waals surface area contributed by atoms with E-state index in [-0.39, 0.29) is 37.0 Å². The molecule has 0 aliphatic heterocycles. The van der Waals surface area contributed by atoms with Crippen LogP contribution in [-0.4, -0.2) is 71.2 Å². The van der Waals surface area contributed by atoms with Gasteiger partial charge in [0.15, 0.2) is 5.82 Å². The fourth-order valence-corrected chi connectivity index (χ4v) is 4.25. The van der Waals surface area contributed by atoms with Gasteiger partial charge in [-0.15, -0.1) is 0 Å². The van der Waals surface area contributed by atoms with E-state index in [4.69, 9.17) is 21.7 Å². The molecule has 1 amide bonds. The summed E-state index contributed by atoms with van der Waals surface area (Å²) < 4.78 is 30.0. The first-order chi connectivity index (χ1) is 19.4. The number of aliphatic hydroxyl groups is 2. The van der Waals surface area contributed by atoms with Crippen molar-refractivity contribution in [2.24, 2.45) is 0 Å². The van der Waals surface area contributed by atoms with Crippen molar-refractivity contribution in [1.29, 1.82) is 0 Å². The predicted molar refractivity (Wildman–Crippen MR) is 157 cm³/mol. The highest BCUT2D eigenvalue weighted by atomic mass is 35.5. The van der Waals surface area contributed by atoms with Gasteiger partial charge in [-0.3, -0.25) is 4.79 Å². The summed E-state index contributed by atoms with van der Waals surface area (Å²) in [5, 5.41) is 17.4. The molecule has 0 bridgehead atoms. The fourth-order valence-electron chi connectivity index (χ4n) is 4.12. The molecule has 3 rings (SSSR count). The molecule has 0 fully saturated rings. The number of aliphatic hydroxyl groups excluding tert-OH is 2. The zero-order valence-corrected chi connectivity index (χ0v) is 24.5. The highest BCUT2D eigenvalue weighted by molar-refractivity contribution is 6.30. The van der Waals surface area contributed by atoms with Crippen molar-refractivity contribution in [3.05, 3.63) is 88.3 Å². The lowest BCUT2D eigenvalue weighted by Crippen LogP contribution is -2.24. The minimum absolute atomic E-state index is 0.0143. The molecular weight excluding hydrogens is 554 g/mol. The number of rotatable bonds is 13. The molecule has 2 aromatic carbocycles. The Balaban J connectivity index is 0.00000187. The minimum atomic E-state index is -3.10. The average Bonchev–Trinajstić information content (AvgIpc) is 3.31. The van der Waals surface area contributed by atoms with Gasteiger partial charge < -0.3 is 29.4 Å². The largest absolute Gasteiger partial charge is 0.397 e. The van der Waals surface area contributed by atoms with Gasteiger partial charge in [-0.05, 0) is 42.7 Å². The number of carbonyl (C=O) groups excluding carboxylic acids is 2. The van der Waals surface area contributed by atoms with Crippen LogP contribution in [0.5, 0.6) is 0 Å². The van der Waals surface area contributed by atoms with Gasteiger partial charge in [0.25, 0.3) is 5.92 Å².